The second-order valence-corrected chi connectivity index (χ2v) is 5.48. The molecule has 0 radical (unpaired) electrons. The van der Waals surface area contributed by atoms with Crippen molar-refractivity contribution in [1.82, 2.24) is 9.78 Å². The first-order valence-electron chi connectivity index (χ1n) is 7.76. The molecule has 7 heteroatoms. The van der Waals surface area contributed by atoms with Crippen LogP contribution in [0.3, 0.4) is 0 Å². The predicted octanol–water partition coefficient (Wildman–Crippen LogP) is 2.33. The van der Waals surface area contributed by atoms with E-state index in [4.69, 9.17) is 14.7 Å². The van der Waals surface area contributed by atoms with Gasteiger partial charge in [0.05, 0.1) is 26.0 Å². The monoisotopic (exact) mass is 339 g/mol. The van der Waals surface area contributed by atoms with Crippen molar-refractivity contribution in [1.29, 1.82) is 5.26 Å². The first-order chi connectivity index (χ1) is 12.1. The van der Waals surface area contributed by atoms with Gasteiger partial charge in [-0.2, -0.15) is 10.4 Å². The van der Waals surface area contributed by atoms with Crippen LogP contribution >= 0.6 is 0 Å². The van der Waals surface area contributed by atoms with Crippen LogP contribution in [0.25, 0.3) is 17.3 Å². The maximum atomic E-state index is 11.7. The number of carbonyl (C=O) groups is 1. The number of esters is 1. The number of nitrogens with zero attached hydrogens (tertiary/aromatic N) is 3. The molecule has 0 N–H and O–H groups in total. The van der Waals surface area contributed by atoms with Gasteiger partial charge in [-0.1, -0.05) is 0 Å². The van der Waals surface area contributed by atoms with E-state index in [2.05, 4.69) is 9.84 Å². The summed E-state index contributed by atoms with van der Waals surface area (Å²) in [7, 11) is 3.01. The average Bonchev–Trinajstić information content (AvgIpc) is 2.83. The Bertz CT molecular complexity index is 877. The fraction of sp³-hybridized carbons (Fsp3) is 0.278. The van der Waals surface area contributed by atoms with Gasteiger partial charge in [0.25, 0.3) is 0 Å². The van der Waals surface area contributed by atoms with E-state index in [1.165, 1.54) is 13.2 Å². The molecule has 128 valence electrons. The van der Waals surface area contributed by atoms with Crippen molar-refractivity contribution in [2.24, 2.45) is 7.05 Å². The van der Waals surface area contributed by atoms with Gasteiger partial charge in [-0.05, 0) is 24.3 Å². The molecule has 1 aliphatic rings. The third kappa shape index (κ3) is 3.48. The Morgan fingerprint density at radius 3 is 2.84 bits per heavy atom. The number of rotatable bonds is 3. The van der Waals surface area contributed by atoms with Crippen molar-refractivity contribution < 1.29 is 19.0 Å². The molecule has 0 aliphatic carbocycles. The summed E-state index contributed by atoms with van der Waals surface area (Å²) >= 11 is 0. The molecular formula is C18H17N3O4. The van der Waals surface area contributed by atoms with Crippen LogP contribution in [0.4, 0.5) is 0 Å². The molecule has 0 bridgehead atoms. The molecule has 3 rings (SSSR count). The molecule has 1 aromatic heterocycles. The standard InChI is InChI=1S/C18H17N3O4/c1-21-11-14(8-13(10-19)18(22)23-2)17(20-21)12-4-5-15-16(9-12)25-7-3-6-24-15/h4-5,8-9,11H,3,6-7H2,1-2H3/b13-8+. The van der Waals surface area contributed by atoms with Crippen molar-refractivity contribution in [3.05, 3.63) is 35.5 Å². The third-order valence-corrected chi connectivity index (χ3v) is 3.70. The number of benzene rings is 1. The number of hydrogen-bond acceptors (Lipinski definition) is 6. The largest absolute Gasteiger partial charge is 0.490 e. The van der Waals surface area contributed by atoms with Gasteiger partial charge in [-0.25, -0.2) is 4.79 Å². The maximum absolute atomic E-state index is 11.7. The lowest BCUT2D eigenvalue weighted by Crippen LogP contribution is -2.02. The maximum Gasteiger partial charge on any atom is 0.348 e. The average molecular weight is 339 g/mol. The van der Waals surface area contributed by atoms with Crippen LogP contribution in [0, 0.1) is 11.3 Å². The van der Waals surface area contributed by atoms with Crippen LogP contribution in [-0.4, -0.2) is 36.1 Å². The zero-order valence-electron chi connectivity index (χ0n) is 14.0. The summed E-state index contributed by atoms with van der Waals surface area (Å²) in [6.45, 7) is 1.21. The summed E-state index contributed by atoms with van der Waals surface area (Å²) in [4.78, 5) is 11.7. The third-order valence-electron chi connectivity index (χ3n) is 3.70. The first-order valence-corrected chi connectivity index (χ1v) is 7.76. The minimum Gasteiger partial charge on any atom is -0.490 e. The van der Waals surface area contributed by atoms with Gasteiger partial charge >= 0.3 is 5.97 Å². The second kappa shape index (κ2) is 7.09. The van der Waals surface area contributed by atoms with Crippen LogP contribution in [0.5, 0.6) is 11.5 Å². The van der Waals surface area contributed by atoms with Gasteiger partial charge in [0.2, 0.25) is 0 Å². The quantitative estimate of drug-likeness (QED) is 0.485. The number of aromatic nitrogens is 2. The van der Waals surface area contributed by atoms with E-state index in [1.54, 1.807) is 17.9 Å². The minimum atomic E-state index is -0.684. The van der Waals surface area contributed by atoms with Crippen molar-refractivity contribution in [3.8, 4) is 28.8 Å². The molecule has 0 saturated carbocycles. The van der Waals surface area contributed by atoms with Crippen LogP contribution in [0.15, 0.2) is 30.0 Å². The predicted molar refractivity (Wildman–Crippen MR) is 89.9 cm³/mol. The van der Waals surface area contributed by atoms with Crippen LogP contribution < -0.4 is 9.47 Å². The number of aryl methyl sites for hydroxylation is 1. The fourth-order valence-corrected chi connectivity index (χ4v) is 2.55. The summed E-state index contributed by atoms with van der Waals surface area (Å²) in [6.07, 6.45) is 4.03. The molecule has 0 saturated heterocycles. The molecule has 2 aromatic rings. The van der Waals surface area contributed by atoms with Gasteiger partial charge in [0.1, 0.15) is 11.6 Å². The van der Waals surface area contributed by atoms with E-state index >= 15 is 0 Å². The molecule has 2 heterocycles. The summed E-state index contributed by atoms with van der Waals surface area (Å²) in [5.74, 6) is 0.668. The smallest absolute Gasteiger partial charge is 0.348 e. The number of carbonyl (C=O) groups excluding carboxylic acids is 1. The first kappa shape index (κ1) is 16.6. The minimum absolute atomic E-state index is 0.0916. The highest BCUT2D eigenvalue weighted by Crippen LogP contribution is 2.35. The van der Waals surface area contributed by atoms with E-state index in [-0.39, 0.29) is 5.57 Å². The van der Waals surface area contributed by atoms with Crippen LogP contribution in [0.1, 0.15) is 12.0 Å². The number of ether oxygens (including phenoxy) is 3. The molecule has 0 atom stereocenters. The Hall–Kier alpha value is -3.27. The van der Waals surface area contributed by atoms with E-state index in [0.29, 0.717) is 36.0 Å². The summed E-state index contributed by atoms with van der Waals surface area (Å²) in [5, 5.41) is 13.6. The molecule has 1 aromatic carbocycles. The molecule has 0 fully saturated rings. The second-order valence-electron chi connectivity index (χ2n) is 5.48. The van der Waals surface area contributed by atoms with Crippen molar-refractivity contribution in [2.45, 2.75) is 6.42 Å². The van der Waals surface area contributed by atoms with Crippen LogP contribution in [0.2, 0.25) is 0 Å². The van der Waals surface area contributed by atoms with Gasteiger partial charge in [0, 0.05) is 30.8 Å². The highest BCUT2D eigenvalue weighted by Gasteiger charge is 2.17. The fourth-order valence-electron chi connectivity index (χ4n) is 2.55. The molecule has 7 nitrogen and oxygen atoms in total. The van der Waals surface area contributed by atoms with E-state index in [9.17, 15) is 4.79 Å². The normalized spacial score (nSPS) is 13.7. The van der Waals surface area contributed by atoms with Crippen LogP contribution in [-0.2, 0) is 16.6 Å². The van der Waals surface area contributed by atoms with E-state index in [1.807, 2.05) is 24.3 Å². The Morgan fingerprint density at radius 2 is 2.12 bits per heavy atom. The molecule has 0 spiro atoms. The van der Waals surface area contributed by atoms with E-state index in [0.717, 1.165) is 12.0 Å². The Kier molecular flexibility index (Phi) is 4.70. The summed E-state index contributed by atoms with van der Waals surface area (Å²) < 4.78 is 17.6. The number of fused-ring (bicyclic) bond motifs is 1. The zero-order chi connectivity index (χ0) is 17.8. The Balaban J connectivity index is 2.04. The van der Waals surface area contributed by atoms with Crippen molar-refractivity contribution in [3.63, 3.8) is 0 Å². The number of hydrogen-bond donors (Lipinski definition) is 0. The lowest BCUT2D eigenvalue weighted by Gasteiger charge is -2.08. The Morgan fingerprint density at radius 1 is 1.36 bits per heavy atom. The van der Waals surface area contributed by atoms with Gasteiger partial charge in [-0.3, -0.25) is 4.68 Å². The van der Waals surface area contributed by atoms with Crippen molar-refractivity contribution >= 4 is 12.0 Å². The molecule has 1 aliphatic heterocycles. The van der Waals surface area contributed by atoms with Crippen molar-refractivity contribution in [2.75, 3.05) is 20.3 Å². The summed E-state index contributed by atoms with van der Waals surface area (Å²) in [5.41, 5.74) is 1.98. The lowest BCUT2D eigenvalue weighted by molar-refractivity contribution is -0.135. The molecule has 0 amide bonds. The molecular weight excluding hydrogens is 322 g/mol. The summed E-state index contributed by atoms with van der Waals surface area (Å²) in [6, 6.07) is 7.41. The molecule has 0 unspecified atom stereocenters. The topological polar surface area (TPSA) is 86.4 Å². The van der Waals surface area contributed by atoms with Gasteiger partial charge in [-0.15, -0.1) is 0 Å². The van der Waals surface area contributed by atoms with Gasteiger partial charge < -0.3 is 14.2 Å². The highest BCUT2D eigenvalue weighted by atomic mass is 16.5. The van der Waals surface area contributed by atoms with Gasteiger partial charge in [0.15, 0.2) is 11.5 Å². The molecule has 25 heavy (non-hydrogen) atoms. The zero-order valence-corrected chi connectivity index (χ0v) is 14.0. The Labute approximate surface area is 145 Å². The number of nitriles is 1. The SMILES string of the molecule is COC(=O)/C(C#N)=C/c1cn(C)nc1-c1ccc2c(c1)OCCCO2. The van der Waals surface area contributed by atoms with E-state index < -0.39 is 5.97 Å². The highest BCUT2D eigenvalue weighted by molar-refractivity contribution is 5.98. The number of methoxy groups -OCH3 is 1. The lowest BCUT2D eigenvalue weighted by atomic mass is 10.1.